The molecule has 9 atom stereocenters. The second kappa shape index (κ2) is 10.9. The van der Waals surface area contributed by atoms with Crippen LogP contribution in [0.15, 0.2) is 11.6 Å². The number of hydroxylamine groups is 2. The van der Waals surface area contributed by atoms with Gasteiger partial charge >= 0.3 is 5.97 Å². The lowest BCUT2D eigenvalue weighted by atomic mass is 9.33. The molecule has 7 nitrogen and oxygen atoms in total. The highest BCUT2D eigenvalue weighted by molar-refractivity contribution is 5.95. The molecule has 0 aromatic rings. The number of ketones is 1. The van der Waals surface area contributed by atoms with Crippen LogP contribution in [0.1, 0.15) is 154 Å². The molecule has 4 saturated carbocycles. The molecule has 0 spiro atoms. The van der Waals surface area contributed by atoms with Gasteiger partial charge in [-0.2, -0.15) is 5.06 Å². The molecule has 48 heavy (non-hydrogen) atoms. The van der Waals surface area contributed by atoms with Gasteiger partial charge in [0, 0.05) is 40.8 Å². The maximum atomic E-state index is 14.8. The second-order valence-corrected chi connectivity index (χ2v) is 20.7. The first-order valence-corrected chi connectivity index (χ1v) is 19.1. The molecule has 0 bridgehead atoms. The van der Waals surface area contributed by atoms with E-state index in [1.807, 2.05) is 27.7 Å². The van der Waals surface area contributed by atoms with Crippen LogP contribution in [0, 0.1) is 50.2 Å². The van der Waals surface area contributed by atoms with Crippen molar-refractivity contribution in [2.75, 3.05) is 0 Å². The SMILES string of the molecule is CC(=O)O[C@H]1CC[C@]2(C)[C@H]3C(=O)C=C4[C@@H]5C[C@@](C)(C(=O)NC6CC(C)(C)N(O)C(C)(C)C6)CC[C@]5(C)CC[C@@]4(C)[C@]3(C)CC[C@H]2C1(C)C. The summed E-state index contributed by atoms with van der Waals surface area (Å²) >= 11 is 0. The molecule has 1 aliphatic heterocycles. The highest BCUT2D eigenvalue weighted by Crippen LogP contribution is 2.75. The third-order valence-corrected chi connectivity index (χ3v) is 16.3. The summed E-state index contributed by atoms with van der Waals surface area (Å²) in [6.45, 7) is 26.1. The number of ether oxygens (including phenoxy) is 1. The fraction of sp³-hybridized carbons (Fsp3) is 0.878. The average molecular weight is 667 g/mol. The van der Waals surface area contributed by atoms with Gasteiger partial charge in [-0.3, -0.25) is 14.4 Å². The number of carbonyl (C=O) groups is 3. The van der Waals surface area contributed by atoms with Crippen molar-refractivity contribution >= 4 is 17.7 Å². The largest absolute Gasteiger partial charge is 0.462 e. The summed E-state index contributed by atoms with van der Waals surface area (Å²) in [4.78, 5) is 41.1. The molecule has 7 heteroatoms. The third kappa shape index (κ3) is 5.04. The Morgan fingerprint density at radius 3 is 2.04 bits per heavy atom. The van der Waals surface area contributed by atoms with E-state index in [1.165, 1.54) is 17.6 Å². The van der Waals surface area contributed by atoms with Crippen LogP contribution in [0.3, 0.4) is 0 Å². The summed E-state index contributed by atoms with van der Waals surface area (Å²) in [5.41, 5.74) is -0.626. The second-order valence-electron chi connectivity index (χ2n) is 20.7. The van der Waals surface area contributed by atoms with Crippen LogP contribution in [0.5, 0.6) is 0 Å². The van der Waals surface area contributed by atoms with E-state index in [0.29, 0.717) is 24.5 Å². The Morgan fingerprint density at radius 1 is 0.833 bits per heavy atom. The van der Waals surface area contributed by atoms with Crippen LogP contribution < -0.4 is 5.32 Å². The first-order chi connectivity index (χ1) is 21.9. The summed E-state index contributed by atoms with van der Waals surface area (Å²) in [5, 5.41) is 15.8. The van der Waals surface area contributed by atoms with Crippen molar-refractivity contribution in [2.24, 2.45) is 50.2 Å². The molecule has 2 N–H and O–H groups in total. The molecular weight excluding hydrogens is 600 g/mol. The summed E-state index contributed by atoms with van der Waals surface area (Å²) in [6, 6.07) is -0.00100. The van der Waals surface area contributed by atoms with Gasteiger partial charge in [-0.15, -0.1) is 0 Å². The maximum absolute atomic E-state index is 14.8. The normalized spacial score (nSPS) is 46.6. The molecule has 270 valence electrons. The lowest BCUT2D eigenvalue weighted by Crippen LogP contribution is -2.67. The van der Waals surface area contributed by atoms with Gasteiger partial charge in [0.2, 0.25) is 5.91 Å². The molecule has 1 saturated heterocycles. The Labute approximate surface area is 290 Å². The van der Waals surface area contributed by atoms with Crippen molar-refractivity contribution < 1.29 is 24.3 Å². The van der Waals surface area contributed by atoms with Gasteiger partial charge in [-0.1, -0.05) is 54.0 Å². The zero-order valence-corrected chi connectivity index (χ0v) is 32.3. The highest BCUT2D eigenvalue weighted by atomic mass is 16.5. The summed E-state index contributed by atoms with van der Waals surface area (Å²) in [5.74, 6) is 0.629. The number of nitrogens with one attached hydrogen (secondary N) is 1. The molecular formula is C41H66N2O5. The Hall–Kier alpha value is -1.73. The van der Waals surface area contributed by atoms with Crippen LogP contribution in [0.2, 0.25) is 0 Å². The number of nitrogens with zero attached hydrogens (tertiary/aromatic N) is 1. The van der Waals surface area contributed by atoms with E-state index in [4.69, 9.17) is 4.74 Å². The number of allylic oxidation sites excluding steroid dienone is 2. The van der Waals surface area contributed by atoms with E-state index in [2.05, 4.69) is 59.9 Å². The summed E-state index contributed by atoms with van der Waals surface area (Å²) in [6.07, 6.45) is 11.9. The fourth-order valence-corrected chi connectivity index (χ4v) is 13.5. The third-order valence-electron chi connectivity index (χ3n) is 16.3. The number of hydrogen-bond acceptors (Lipinski definition) is 6. The van der Waals surface area contributed by atoms with Crippen molar-refractivity contribution in [1.29, 1.82) is 0 Å². The van der Waals surface area contributed by atoms with E-state index in [0.717, 1.165) is 57.8 Å². The number of carbonyl (C=O) groups excluding carboxylic acids is 3. The molecule has 5 aliphatic carbocycles. The average Bonchev–Trinajstić information content (AvgIpc) is 2.95. The van der Waals surface area contributed by atoms with Crippen LogP contribution in [-0.2, 0) is 19.1 Å². The minimum absolute atomic E-state index is 0.00100. The zero-order valence-electron chi connectivity index (χ0n) is 32.3. The molecule has 1 heterocycles. The minimum atomic E-state index is -0.516. The van der Waals surface area contributed by atoms with E-state index in [-0.39, 0.29) is 62.9 Å². The Kier molecular flexibility index (Phi) is 8.18. The van der Waals surface area contributed by atoms with Crippen molar-refractivity contribution in [3.63, 3.8) is 0 Å². The minimum Gasteiger partial charge on any atom is -0.462 e. The number of esters is 1. The van der Waals surface area contributed by atoms with Gasteiger partial charge in [0.25, 0.3) is 0 Å². The van der Waals surface area contributed by atoms with Gasteiger partial charge in [0.15, 0.2) is 5.78 Å². The molecule has 0 aromatic heterocycles. The maximum Gasteiger partial charge on any atom is 0.302 e. The quantitative estimate of drug-likeness (QED) is 0.294. The number of piperidine rings is 1. The number of rotatable bonds is 3. The molecule has 0 unspecified atom stereocenters. The lowest BCUT2D eigenvalue weighted by molar-refractivity contribution is -0.246. The van der Waals surface area contributed by atoms with Crippen molar-refractivity contribution in [1.82, 2.24) is 10.4 Å². The number of amides is 1. The molecule has 0 aromatic carbocycles. The fourth-order valence-electron chi connectivity index (χ4n) is 13.5. The predicted octanol–water partition coefficient (Wildman–Crippen LogP) is 8.43. The molecule has 6 rings (SSSR count). The van der Waals surface area contributed by atoms with Gasteiger partial charge < -0.3 is 15.3 Å². The van der Waals surface area contributed by atoms with Gasteiger partial charge in [0.05, 0.1) is 0 Å². The summed E-state index contributed by atoms with van der Waals surface area (Å²) in [7, 11) is 0. The lowest BCUT2D eigenvalue weighted by Gasteiger charge is -2.70. The van der Waals surface area contributed by atoms with Gasteiger partial charge in [-0.05, 0) is 138 Å². The van der Waals surface area contributed by atoms with Crippen LogP contribution in [0.4, 0.5) is 0 Å². The van der Waals surface area contributed by atoms with E-state index in [1.54, 1.807) is 0 Å². The monoisotopic (exact) mass is 666 g/mol. The van der Waals surface area contributed by atoms with Crippen molar-refractivity contribution in [2.45, 2.75) is 177 Å². The van der Waals surface area contributed by atoms with Crippen LogP contribution in [0.25, 0.3) is 0 Å². The van der Waals surface area contributed by atoms with Gasteiger partial charge in [-0.25, -0.2) is 0 Å². The topological polar surface area (TPSA) is 95.9 Å². The van der Waals surface area contributed by atoms with E-state index in [9.17, 15) is 19.6 Å². The predicted molar refractivity (Wildman–Crippen MR) is 188 cm³/mol. The standard InChI is InChI=1S/C41H66N2O5/c1-25(44)48-31-14-15-39(10)30(36(31,6)7)13-16-41(12)32(39)29(45)21-27-28-24-38(9,18-17-37(28,8)19-20-40(27,41)11)33(46)42-26-22-34(2,3)43(47)35(4,5)23-26/h21,26,28,30-32,47H,13-20,22-24H2,1-12H3,(H,42,46)/t28-,30-,31-,32+,37+,38-,39-,40+,41+/m0/s1. The van der Waals surface area contributed by atoms with Gasteiger partial charge in [0.1, 0.15) is 6.10 Å². The van der Waals surface area contributed by atoms with Crippen LogP contribution in [-0.4, -0.2) is 51.2 Å². The molecule has 5 fully saturated rings. The molecule has 1 amide bonds. The Bertz CT molecular complexity index is 1400. The van der Waals surface area contributed by atoms with Crippen molar-refractivity contribution in [3.05, 3.63) is 11.6 Å². The van der Waals surface area contributed by atoms with Crippen molar-refractivity contribution in [3.8, 4) is 0 Å². The molecule has 0 radical (unpaired) electrons. The first-order valence-electron chi connectivity index (χ1n) is 19.1. The van der Waals surface area contributed by atoms with E-state index >= 15 is 0 Å². The van der Waals surface area contributed by atoms with E-state index < -0.39 is 16.5 Å². The highest BCUT2D eigenvalue weighted by Gasteiger charge is 2.70. The Balaban J connectivity index is 1.30. The number of hydrogen-bond donors (Lipinski definition) is 2. The number of fused-ring (bicyclic) bond motifs is 7. The smallest absolute Gasteiger partial charge is 0.302 e. The Morgan fingerprint density at radius 2 is 1.44 bits per heavy atom. The zero-order chi connectivity index (χ0) is 35.7. The molecule has 6 aliphatic rings. The first kappa shape index (κ1) is 36.1. The van der Waals surface area contributed by atoms with Crippen LogP contribution >= 0.6 is 0 Å². The summed E-state index contributed by atoms with van der Waals surface area (Å²) < 4.78 is 5.89.